The third kappa shape index (κ3) is 6.09. The third-order valence-electron chi connectivity index (χ3n) is 4.36. The van der Waals surface area contributed by atoms with Crippen molar-refractivity contribution in [2.75, 3.05) is 27.7 Å². The highest BCUT2D eigenvalue weighted by Gasteiger charge is 2.07. The summed E-state index contributed by atoms with van der Waals surface area (Å²) in [5, 5.41) is 0. The smallest absolute Gasteiger partial charge is 0.125 e. The molecule has 2 aromatic rings. The average molecular weight is 341 g/mol. The predicted molar refractivity (Wildman–Crippen MR) is 105 cm³/mol. The second-order valence-corrected chi connectivity index (χ2v) is 7.07. The Kier molecular flexibility index (Phi) is 7.32. The van der Waals surface area contributed by atoms with Gasteiger partial charge in [-0.1, -0.05) is 32.0 Å². The molecule has 0 amide bonds. The predicted octanol–water partition coefficient (Wildman–Crippen LogP) is 4.89. The highest BCUT2D eigenvalue weighted by molar-refractivity contribution is 5.38. The van der Waals surface area contributed by atoms with Crippen molar-refractivity contribution < 1.29 is 9.47 Å². The van der Waals surface area contributed by atoms with Gasteiger partial charge in [0.15, 0.2) is 0 Å². The molecule has 136 valence electrons. The van der Waals surface area contributed by atoms with Crippen LogP contribution in [0.2, 0.25) is 0 Å². The van der Waals surface area contributed by atoms with Crippen molar-refractivity contribution in [3.8, 4) is 11.5 Å². The summed E-state index contributed by atoms with van der Waals surface area (Å²) < 4.78 is 11.5. The molecule has 0 unspecified atom stereocenters. The maximum absolute atomic E-state index is 5.98. The Hall–Kier alpha value is -2.00. The standard InChI is InChI=1S/C22H31NO2/c1-17(2)19-9-11-21(12-10-19)25-16-20-15-18(7-6-14-23(3)4)8-13-22(20)24-5/h8-13,15,17H,6-7,14,16H2,1-5H3. The first-order valence-electron chi connectivity index (χ1n) is 9.03. The first kappa shape index (κ1) is 19.3. The van der Waals surface area contributed by atoms with Gasteiger partial charge in [0, 0.05) is 5.56 Å². The van der Waals surface area contributed by atoms with Crippen molar-refractivity contribution in [2.45, 2.75) is 39.2 Å². The minimum absolute atomic E-state index is 0.520. The summed E-state index contributed by atoms with van der Waals surface area (Å²) in [6.07, 6.45) is 2.22. The van der Waals surface area contributed by atoms with Gasteiger partial charge in [0.1, 0.15) is 18.1 Å². The topological polar surface area (TPSA) is 21.7 Å². The first-order valence-corrected chi connectivity index (χ1v) is 9.03. The van der Waals surface area contributed by atoms with E-state index in [9.17, 15) is 0 Å². The van der Waals surface area contributed by atoms with E-state index in [0.717, 1.165) is 36.4 Å². The number of hydrogen-bond donors (Lipinski definition) is 0. The molecule has 0 fully saturated rings. The van der Waals surface area contributed by atoms with Gasteiger partial charge in [-0.05, 0) is 74.8 Å². The van der Waals surface area contributed by atoms with Gasteiger partial charge in [-0.3, -0.25) is 0 Å². The highest BCUT2D eigenvalue weighted by atomic mass is 16.5. The Balaban J connectivity index is 2.01. The van der Waals surface area contributed by atoms with Gasteiger partial charge in [0.25, 0.3) is 0 Å². The molecule has 2 rings (SSSR count). The largest absolute Gasteiger partial charge is 0.496 e. The zero-order valence-electron chi connectivity index (χ0n) is 16.2. The summed E-state index contributed by atoms with van der Waals surface area (Å²) in [5.74, 6) is 2.31. The van der Waals surface area contributed by atoms with E-state index in [1.54, 1.807) is 7.11 Å². The molecule has 0 aliphatic rings. The molecule has 0 heterocycles. The van der Waals surface area contributed by atoms with Crippen LogP contribution in [0.1, 0.15) is 42.9 Å². The van der Waals surface area contributed by atoms with Crippen molar-refractivity contribution in [1.82, 2.24) is 4.90 Å². The molecule has 0 spiro atoms. The number of benzene rings is 2. The number of rotatable bonds is 9. The number of aryl methyl sites for hydroxylation is 1. The number of ether oxygens (including phenoxy) is 2. The highest BCUT2D eigenvalue weighted by Crippen LogP contribution is 2.24. The van der Waals surface area contributed by atoms with E-state index in [2.05, 4.69) is 57.1 Å². The molecule has 25 heavy (non-hydrogen) atoms. The lowest BCUT2D eigenvalue weighted by atomic mass is 10.0. The van der Waals surface area contributed by atoms with Crippen molar-refractivity contribution in [3.05, 3.63) is 59.2 Å². The zero-order valence-corrected chi connectivity index (χ0v) is 16.2. The SMILES string of the molecule is COc1ccc(CCCN(C)C)cc1COc1ccc(C(C)C)cc1. The Morgan fingerprint density at radius 1 is 1.00 bits per heavy atom. The van der Waals surface area contributed by atoms with Crippen LogP contribution in [0.15, 0.2) is 42.5 Å². The van der Waals surface area contributed by atoms with E-state index < -0.39 is 0 Å². The first-order chi connectivity index (χ1) is 12.0. The summed E-state index contributed by atoms with van der Waals surface area (Å²) >= 11 is 0. The zero-order chi connectivity index (χ0) is 18.2. The van der Waals surface area contributed by atoms with Crippen LogP contribution in [0.3, 0.4) is 0 Å². The molecular weight excluding hydrogens is 310 g/mol. The lowest BCUT2D eigenvalue weighted by Crippen LogP contribution is -2.13. The number of hydrogen-bond acceptors (Lipinski definition) is 3. The van der Waals surface area contributed by atoms with Gasteiger partial charge in [-0.15, -0.1) is 0 Å². The molecule has 3 nitrogen and oxygen atoms in total. The van der Waals surface area contributed by atoms with Crippen LogP contribution in [0.25, 0.3) is 0 Å². The van der Waals surface area contributed by atoms with E-state index in [-0.39, 0.29) is 0 Å². The fraction of sp³-hybridized carbons (Fsp3) is 0.455. The summed E-state index contributed by atoms with van der Waals surface area (Å²) in [6, 6.07) is 14.8. The van der Waals surface area contributed by atoms with Crippen LogP contribution >= 0.6 is 0 Å². The summed E-state index contributed by atoms with van der Waals surface area (Å²) in [6.45, 7) is 6.01. The second kappa shape index (κ2) is 9.47. The van der Waals surface area contributed by atoms with E-state index in [4.69, 9.17) is 9.47 Å². The number of methoxy groups -OCH3 is 1. The van der Waals surface area contributed by atoms with Crippen LogP contribution < -0.4 is 9.47 Å². The molecule has 0 saturated carbocycles. The van der Waals surface area contributed by atoms with Crippen LogP contribution in [0, 0.1) is 0 Å². The van der Waals surface area contributed by atoms with Gasteiger partial charge in [-0.2, -0.15) is 0 Å². The Morgan fingerprint density at radius 2 is 1.72 bits per heavy atom. The molecule has 0 bridgehead atoms. The quantitative estimate of drug-likeness (QED) is 0.648. The molecule has 2 aromatic carbocycles. The minimum atomic E-state index is 0.520. The fourth-order valence-electron chi connectivity index (χ4n) is 2.81. The summed E-state index contributed by atoms with van der Waals surface area (Å²) in [7, 11) is 5.93. The molecule has 0 aliphatic heterocycles. The van der Waals surface area contributed by atoms with Crippen molar-refractivity contribution >= 4 is 0 Å². The van der Waals surface area contributed by atoms with Crippen LogP contribution in [-0.4, -0.2) is 32.6 Å². The van der Waals surface area contributed by atoms with Gasteiger partial charge < -0.3 is 14.4 Å². The monoisotopic (exact) mass is 341 g/mol. The summed E-state index contributed by atoms with van der Waals surface area (Å²) in [4.78, 5) is 2.22. The normalized spacial score (nSPS) is 11.2. The summed E-state index contributed by atoms with van der Waals surface area (Å²) in [5.41, 5.74) is 3.75. The molecule has 0 aromatic heterocycles. The van der Waals surface area contributed by atoms with Gasteiger partial charge in [0.05, 0.1) is 7.11 Å². The maximum atomic E-state index is 5.98. The van der Waals surface area contributed by atoms with Crippen molar-refractivity contribution in [3.63, 3.8) is 0 Å². The lowest BCUT2D eigenvalue weighted by molar-refractivity contribution is 0.296. The lowest BCUT2D eigenvalue weighted by Gasteiger charge is -2.14. The van der Waals surface area contributed by atoms with Crippen molar-refractivity contribution in [1.29, 1.82) is 0 Å². The average Bonchev–Trinajstić information content (AvgIpc) is 2.60. The molecule has 0 N–H and O–H groups in total. The molecule has 0 saturated heterocycles. The minimum Gasteiger partial charge on any atom is -0.496 e. The molecule has 0 radical (unpaired) electrons. The molecular formula is C22H31NO2. The van der Waals surface area contributed by atoms with Gasteiger partial charge in [0.2, 0.25) is 0 Å². The second-order valence-electron chi connectivity index (χ2n) is 7.07. The molecule has 3 heteroatoms. The van der Waals surface area contributed by atoms with E-state index in [1.807, 2.05) is 18.2 Å². The van der Waals surface area contributed by atoms with E-state index >= 15 is 0 Å². The maximum Gasteiger partial charge on any atom is 0.125 e. The fourth-order valence-corrected chi connectivity index (χ4v) is 2.81. The van der Waals surface area contributed by atoms with Crippen LogP contribution in [0.5, 0.6) is 11.5 Å². The Bertz CT molecular complexity index is 648. The molecule has 0 atom stereocenters. The van der Waals surface area contributed by atoms with Crippen LogP contribution in [-0.2, 0) is 13.0 Å². The van der Waals surface area contributed by atoms with Gasteiger partial charge >= 0.3 is 0 Å². The van der Waals surface area contributed by atoms with E-state index in [1.165, 1.54) is 11.1 Å². The Morgan fingerprint density at radius 3 is 2.32 bits per heavy atom. The Labute approximate surface area is 152 Å². The third-order valence-corrected chi connectivity index (χ3v) is 4.36. The van der Waals surface area contributed by atoms with Crippen molar-refractivity contribution in [2.24, 2.45) is 0 Å². The molecule has 0 aliphatic carbocycles. The van der Waals surface area contributed by atoms with Gasteiger partial charge in [-0.25, -0.2) is 0 Å². The van der Waals surface area contributed by atoms with Crippen LogP contribution in [0.4, 0.5) is 0 Å². The number of nitrogens with zero attached hydrogens (tertiary/aromatic N) is 1. The van der Waals surface area contributed by atoms with E-state index in [0.29, 0.717) is 12.5 Å².